The third-order valence-electron chi connectivity index (χ3n) is 2.47. The van der Waals surface area contributed by atoms with Gasteiger partial charge in [0.1, 0.15) is 5.75 Å². The van der Waals surface area contributed by atoms with Crippen molar-refractivity contribution in [2.75, 3.05) is 18.9 Å². The number of aromatic nitrogens is 2. The van der Waals surface area contributed by atoms with Crippen LogP contribution in [0.25, 0.3) is 0 Å². The molecule has 0 fully saturated rings. The van der Waals surface area contributed by atoms with Gasteiger partial charge in [0.2, 0.25) is 5.89 Å². The summed E-state index contributed by atoms with van der Waals surface area (Å²) in [6.45, 7) is 2.08. The molecule has 0 atom stereocenters. The Morgan fingerprint density at radius 2 is 2.35 bits per heavy atom. The van der Waals surface area contributed by atoms with E-state index in [1.807, 2.05) is 0 Å². The van der Waals surface area contributed by atoms with E-state index in [4.69, 9.17) is 15.0 Å². The normalized spacial score (nSPS) is 10.2. The topological polar surface area (TPSA) is 103 Å². The molecule has 0 aliphatic carbocycles. The molecule has 1 heterocycles. The van der Waals surface area contributed by atoms with E-state index in [2.05, 4.69) is 15.5 Å². The van der Waals surface area contributed by atoms with E-state index in [1.165, 1.54) is 0 Å². The lowest BCUT2D eigenvalue weighted by Crippen LogP contribution is -2.30. The van der Waals surface area contributed by atoms with Crippen molar-refractivity contribution in [3.63, 3.8) is 0 Å². The minimum absolute atomic E-state index is 0.0608. The number of benzene rings is 1. The number of nitrogens with zero attached hydrogens (tertiary/aromatic N) is 2. The Kier molecular flexibility index (Phi) is 4.54. The molecule has 7 nitrogen and oxygen atoms in total. The maximum atomic E-state index is 11.6. The van der Waals surface area contributed by atoms with E-state index in [0.717, 1.165) is 0 Å². The van der Waals surface area contributed by atoms with Crippen molar-refractivity contribution in [3.05, 3.63) is 36.0 Å². The number of rotatable bonds is 6. The summed E-state index contributed by atoms with van der Waals surface area (Å²) in [5.41, 5.74) is 6.20. The van der Waals surface area contributed by atoms with Gasteiger partial charge in [-0.25, -0.2) is 0 Å². The molecule has 7 heteroatoms. The van der Waals surface area contributed by atoms with Crippen LogP contribution in [0, 0.1) is 6.92 Å². The van der Waals surface area contributed by atoms with Gasteiger partial charge in [-0.2, -0.15) is 4.98 Å². The maximum Gasteiger partial charge on any atom is 0.257 e. The van der Waals surface area contributed by atoms with Crippen LogP contribution in [-0.2, 0) is 11.2 Å². The van der Waals surface area contributed by atoms with E-state index in [1.54, 1.807) is 31.2 Å². The Hall–Kier alpha value is -2.57. The standard InChI is InChI=1S/C13H16N4O3/c1-9-16-12(17-20-9)5-6-15-13(18)8-19-11-4-2-3-10(14)7-11/h2-4,7H,5-6,8,14H2,1H3,(H,15,18). The Morgan fingerprint density at radius 1 is 1.50 bits per heavy atom. The smallest absolute Gasteiger partial charge is 0.257 e. The second kappa shape index (κ2) is 6.55. The summed E-state index contributed by atoms with van der Waals surface area (Å²) in [4.78, 5) is 15.6. The van der Waals surface area contributed by atoms with Crippen LogP contribution in [-0.4, -0.2) is 29.2 Å². The zero-order chi connectivity index (χ0) is 14.4. The number of nitrogens with one attached hydrogen (secondary N) is 1. The number of hydrogen-bond acceptors (Lipinski definition) is 6. The molecule has 0 unspecified atom stereocenters. The van der Waals surface area contributed by atoms with Crippen molar-refractivity contribution in [1.82, 2.24) is 15.5 Å². The molecule has 0 aliphatic heterocycles. The first kappa shape index (κ1) is 13.9. The first-order valence-corrected chi connectivity index (χ1v) is 6.18. The second-order valence-electron chi connectivity index (χ2n) is 4.19. The van der Waals surface area contributed by atoms with Gasteiger partial charge in [-0.05, 0) is 12.1 Å². The lowest BCUT2D eigenvalue weighted by Gasteiger charge is -2.07. The number of carbonyl (C=O) groups is 1. The van der Waals surface area contributed by atoms with Crippen LogP contribution in [0.4, 0.5) is 5.69 Å². The Bertz CT molecular complexity index is 583. The molecule has 0 aliphatic rings. The molecule has 106 valence electrons. The van der Waals surface area contributed by atoms with Gasteiger partial charge in [0.15, 0.2) is 12.4 Å². The lowest BCUT2D eigenvalue weighted by atomic mass is 10.3. The molecule has 1 amide bonds. The first-order chi connectivity index (χ1) is 9.63. The van der Waals surface area contributed by atoms with Gasteiger partial charge in [-0.1, -0.05) is 11.2 Å². The van der Waals surface area contributed by atoms with E-state index in [9.17, 15) is 4.79 Å². The van der Waals surface area contributed by atoms with E-state index in [0.29, 0.717) is 36.1 Å². The third kappa shape index (κ3) is 4.27. The Balaban J connectivity index is 1.68. The van der Waals surface area contributed by atoms with Crippen molar-refractivity contribution < 1.29 is 14.1 Å². The van der Waals surface area contributed by atoms with Crippen molar-refractivity contribution in [2.24, 2.45) is 0 Å². The summed E-state index contributed by atoms with van der Waals surface area (Å²) >= 11 is 0. The third-order valence-corrected chi connectivity index (χ3v) is 2.47. The average Bonchev–Trinajstić information content (AvgIpc) is 2.82. The van der Waals surface area contributed by atoms with Crippen molar-refractivity contribution >= 4 is 11.6 Å². The summed E-state index contributed by atoms with van der Waals surface area (Å²) in [7, 11) is 0. The van der Waals surface area contributed by atoms with Gasteiger partial charge >= 0.3 is 0 Å². The highest BCUT2D eigenvalue weighted by Crippen LogP contribution is 2.13. The molecule has 0 saturated heterocycles. The predicted molar refractivity (Wildman–Crippen MR) is 72.1 cm³/mol. The van der Waals surface area contributed by atoms with Gasteiger partial charge in [-0.15, -0.1) is 0 Å². The summed E-state index contributed by atoms with van der Waals surface area (Å²) < 4.78 is 10.1. The van der Waals surface area contributed by atoms with Gasteiger partial charge in [0.25, 0.3) is 5.91 Å². The maximum absolute atomic E-state index is 11.6. The molecule has 0 radical (unpaired) electrons. The van der Waals surface area contributed by atoms with Gasteiger partial charge < -0.3 is 20.3 Å². The number of anilines is 1. The monoisotopic (exact) mass is 276 g/mol. The highest BCUT2D eigenvalue weighted by Gasteiger charge is 2.05. The van der Waals surface area contributed by atoms with Crippen LogP contribution in [0.1, 0.15) is 11.7 Å². The zero-order valence-electron chi connectivity index (χ0n) is 11.1. The molecule has 1 aromatic heterocycles. The molecular weight excluding hydrogens is 260 g/mol. The van der Waals surface area contributed by atoms with Crippen LogP contribution < -0.4 is 15.8 Å². The number of hydrogen-bond donors (Lipinski definition) is 2. The Morgan fingerprint density at radius 3 is 3.05 bits per heavy atom. The lowest BCUT2D eigenvalue weighted by molar-refractivity contribution is -0.123. The predicted octanol–water partition coefficient (Wildman–Crippen LogP) is 0.698. The van der Waals surface area contributed by atoms with Crippen molar-refractivity contribution in [1.29, 1.82) is 0 Å². The average molecular weight is 276 g/mol. The summed E-state index contributed by atoms with van der Waals surface area (Å²) in [6.07, 6.45) is 0.515. The van der Waals surface area contributed by atoms with Crippen molar-refractivity contribution in [3.8, 4) is 5.75 Å². The van der Waals surface area contributed by atoms with Crippen LogP contribution >= 0.6 is 0 Å². The summed E-state index contributed by atoms with van der Waals surface area (Å²) in [5.74, 6) is 1.43. The fraction of sp³-hybridized carbons (Fsp3) is 0.308. The minimum Gasteiger partial charge on any atom is -0.484 e. The summed E-state index contributed by atoms with van der Waals surface area (Å²) in [5, 5.41) is 6.44. The second-order valence-corrected chi connectivity index (χ2v) is 4.19. The molecule has 2 aromatic rings. The van der Waals surface area contributed by atoms with Gasteiger partial charge in [0, 0.05) is 31.6 Å². The zero-order valence-corrected chi connectivity index (χ0v) is 11.1. The first-order valence-electron chi connectivity index (χ1n) is 6.18. The van der Waals surface area contributed by atoms with E-state index >= 15 is 0 Å². The molecular formula is C13H16N4O3. The fourth-order valence-electron chi connectivity index (χ4n) is 1.56. The molecule has 0 bridgehead atoms. The fourth-order valence-corrected chi connectivity index (χ4v) is 1.56. The molecule has 3 N–H and O–H groups in total. The molecule has 1 aromatic carbocycles. The van der Waals surface area contributed by atoms with Crippen LogP contribution in [0.5, 0.6) is 5.75 Å². The van der Waals surface area contributed by atoms with E-state index in [-0.39, 0.29) is 12.5 Å². The number of ether oxygens (including phenoxy) is 1. The number of nitrogen functional groups attached to an aromatic ring is 1. The Labute approximate surface area is 116 Å². The largest absolute Gasteiger partial charge is 0.484 e. The molecule has 2 rings (SSSR count). The number of aryl methyl sites for hydroxylation is 1. The van der Waals surface area contributed by atoms with Gasteiger partial charge in [0.05, 0.1) is 0 Å². The van der Waals surface area contributed by atoms with Crippen LogP contribution in [0.3, 0.4) is 0 Å². The van der Waals surface area contributed by atoms with Crippen LogP contribution in [0.2, 0.25) is 0 Å². The molecule has 0 saturated carbocycles. The molecule has 0 spiro atoms. The van der Waals surface area contributed by atoms with Crippen molar-refractivity contribution in [2.45, 2.75) is 13.3 Å². The minimum atomic E-state index is -0.215. The SMILES string of the molecule is Cc1nc(CCNC(=O)COc2cccc(N)c2)no1. The number of carbonyl (C=O) groups excluding carboxylic acids is 1. The quantitative estimate of drug-likeness (QED) is 0.753. The number of amides is 1. The van der Waals surface area contributed by atoms with Crippen LogP contribution in [0.15, 0.2) is 28.8 Å². The molecule has 20 heavy (non-hydrogen) atoms. The highest BCUT2D eigenvalue weighted by molar-refractivity contribution is 5.77. The highest BCUT2D eigenvalue weighted by atomic mass is 16.5. The number of nitrogens with two attached hydrogens (primary N) is 1. The van der Waals surface area contributed by atoms with Gasteiger partial charge in [-0.3, -0.25) is 4.79 Å². The van der Waals surface area contributed by atoms with E-state index < -0.39 is 0 Å². The summed E-state index contributed by atoms with van der Waals surface area (Å²) in [6, 6.07) is 6.92.